The van der Waals surface area contributed by atoms with Crippen LogP contribution in [0.15, 0.2) is 10.6 Å². The topological polar surface area (TPSA) is 0 Å². The van der Waals surface area contributed by atoms with Crippen molar-refractivity contribution in [2.45, 2.75) is 36.8 Å². The second-order valence-corrected chi connectivity index (χ2v) is 6.14. The van der Waals surface area contributed by atoms with Crippen LogP contribution in [-0.4, -0.2) is 15.0 Å². The summed E-state index contributed by atoms with van der Waals surface area (Å²) in [5, 5.41) is 2.44. The first-order valence-electron chi connectivity index (χ1n) is 3.72. The van der Waals surface area contributed by atoms with Gasteiger partial charge in [0.05, 0.1) is 0 Å². The molecule has 0 saturated carbocycles. The first-order chi connectivity index (χ1) is 4.74. The molecular formula is C8H13ClSe. The van der Waals surface area contributed by atoms with Crippen LogP contribution in [-0.2, 0) is 0 Å². The van der Waals surface area contributed by atoms with Crippen molar-refractivity contribution in [3.8, 4) is 0 Å². The molecule has 0 amide bonds. The van der Waals surface area contributed by atoms with E-state index in [9.17, 15) is 0 Å². The minimum atomic E-state index is 0.838. The Bertz CT molecular complexity index is 151. The summed E-state index contributed by atoms with van der Waals surface area (Å²) in [7, 11) is 0. The van der Waals surface area contributed by atoms with Crippen molar-refractivity contribution >= 4 is 26.6 Å². The number of halogens is 1. The molecule has 1 rings (SSSR count). The normalized spacial score (nSPS) is 30.9. The summed E-state index contributed by atoms with van der Waals surface area (Å²) in [4.78, 5) is 0.933. The third-order valence-corrected chi connectivity index (χ3v) is 4.93. The summed E-state index contributed by atoms with van der Waals surface area (Å²) >= 11 is 6.86. The molecule has 1 fully saturated rings. The van der Waals surface area contributed by atoms with Crippen LogP contribution in [0.25, 0.3) is 0 Å². The Morgan fingerprint density at radius 1 is 1.80 bits per heavy atom. The van der Waals surface area contributed by atoms with E-state index in [0.717, 1.165) is 31.2 Å². The van der Waals surface area contributed by atoms with E-state index in [1.165, 1.54) is 17.3 Å². The Balaban J connectivity index is 2.58. The van der Waals surface area contributed by atoms with Gasteiger partial charge in [-0.15, -0.1) is 0 Å². The summed E-state index contributed by atoms with van der Waals surface area (Å²) in [6.45, 7) is 4.46. The van der Waals surface area contributed by atoms with E-state index < -0.39 is 0 Å². The van der Waals surface area contributed by atoms with Crippen molar-refractivity contribution in [1.82, 2.24) is 0 Å². The summed E-state index contributed by atoms with van der Waals surface area (Å²) in [6.07, 6.45) is 2.30. The molecule has 1 unspecified atom stereocenters. The standard InChI is InChI=1S/C8H13ClSe/c1-3-8(9)7-4-6(2)10-5-7/h6H,3-5H2,1-2H3/b8-7+. The maximum atomic E-state index is 6.03. The maximum absolute atomic E-state index is 6.03. The van der Waals surface area contributed by atoms with Gasteiger partial charge in [0.1, 0.15) is 0 Å². The van der Waals surface area contributed by atoms with Crippen molar-refractivity contribution in [2.24, 2.45) is 0 Å². The molecule has 1 aliphatic heterocycles. The van der Waals surface area contributed by atoms with Crippen LogP contribution in [0.1, 0.15) is 26.7 Å². The molecule has 1 atom stereocenters. The van der Waals surface area contributed by atoms with Gasteiger partial charge in [-0.25, -0.2) is 0 Å². The number of hydrogen-bond donors (Lipinski definition) is 0. The van der Waals surface area contributed by atoms with Gasteiger partial charge in [0.15, 0.2) is 0 Å². The number of allylic oxidation sites excluding steroid dienone is 2. The predicted molar refractivity (Wildman–Crippen MR) is 47.8 cm³/mol. The van der Waals surface area contributed by atoms with Gasteiger partial charge in [0.25, 0.3) is 0 Å². The molecule has 0 aromatic carbocycles. The van der Waals surface area contributed by atoms with E-state index >= 15 is 0 Å². The second-order valence-electron chi connectivity index (χ2n) is 2.69. The Hall–Kier alpha value is 0.549. The number of rotatable bonds is 1. The van der Waals surface area contributed by atoms with E-state index in [1.54, 1.807) is 0 Å². The summed E-state index contributed by atoms with van der Waals surface area (Å²) in [6, 6.07) is 0. The zero-order valence-electron chi connectivity index (χ0n) is 6.48. The fraction of sp³-hybridized carbons (Fsp3) is 0.750. The minimum absolute atomic E-state index is 0.838. The third-order valence-electron chi connectivity index (χ3n) is 1.77. The van der Waals surface area contributed by atoms with Gasteiger partial charge in [-0.3, -0.25) is 0 Å². The molecule has 58 valence electrons. The molecule has 0 bridgehead atoms. The molecule has 0 aromatic heterocycles. The zero-order valence-corrected chi connectivity index (χ0v) is 8.95. The summed E-state index contributed by atoms with van der Waals surface area (Å²) < 4.78 is 0. The van der Waals surface area contributed by atoms with Gasteiger partial charge in [0, 0.05) is 0 Å². The van der Waals surface area contributed by atoms with Crippen molar-refractivity contribution in [3.63, 3.8) is 0 Å². The molecule has 1 saturated heterocycles. The molecular weight excluding hydrogens is 211 g/mol. The first-order valence-corrected chi connectivity index (χ1v) is 6.30. The van der Waals surface area contributed by atoms with Crippen LogP contribution in [0, 0.1) is 0 Å². The fourth-order valence-corrected chi connectivity index (χ4v) is 3.77. The molecule has 0 aliphatic carbocycles. The van der Waals surface area contributed by atoms with Crippen molar-refractivity contribution < 1.29 is 0 Å². The molecule has 1 heterocycles. The predicted octanol–water partition coefficient (Wildman–Crippen LogP) is 3.22. The first kappa shape index (κ1) is 8.64. The van der Waals surface area contributed by atoms with Crippen LogP contribution in [0.5, 0.6) is 0 Å². The Labute approximate surface area is 74.2 Å². The average Bonchev–Trinajstić information content (AvgIpc) is 2.34. The van der Waals surface area contributed by atoms with E-state index in [-0.39, 0.29) is 0 Å². The Morgan fingerprint density at radius 3 is 2.90 bits per heavy atom. The van der Waals surface area contributed by atoms with Gasteiger partial charge in [0.2, 0.25) is 0 Å². The SMILES string of the molecule is CC/C(Cl)=C1\C[Se]C(C)C1. The van der Waals surface area contributed by atoms with Crippen molar-refractivity contribution in [1.29, 1.82) is 0 Å². The molecule has 0 N–H and O–H groups in total. The molecule has 0 nitrogen and oxygen atoms in total. The van der Waals surface area contributed by atoms with Gasteiger partial charge >= 0.3 is 74.0 Å². The van der Waals surface area contributed by atoms with Gasteiger partial charge in [-0.05, 0) is 0 Å². The van der Waals surface area contributed by atoms with E-state index in [1.807, 2.05) is 0 Å². The summed E-state index contributed by atoms with van der Waals surface area (Å²) in [5.74, 6) is 0. The van der Waals surface area contributed by atoms with E-state index in [4.69, 9.17) is 11.6 Å². The van der Waals surface area contributed by atoms with Crippen LogP contribution in [0.4, 0.5) is 0 Å². The van der Waals surface area contributed by atoms with Crippen molar-refractivity contribution in [3.05, 3.63) is 10.6 Å². The second kappa shape index (κ2) is 3.80. The molecule has 1 aliphatic rings. The zero-order chi connectivity index (χ0) is 7.56. The molecule has 2 heteroatoms. The fourth-order valence-electron chi connectivity index (χ4n) is 1.15. The van der Waals surface area contributed by atoms with Gasteiger partial charge < -0.3 is 0 Å². The molecule has 10 heavy (non-hydrogen) atoms. The number of hydrogen-bond acceptors (Lipinski definition) is 0. The van der Waals surface area contributed by atoms with Crippen LogP contribution < -0.4 is 0 Å². The molecule has 0 radical (unpaired) electrons. The van der Waals surface area contributed by atoms with Crippen LogP contribution >= 0.6 is 11.6 Å². The van der Waals surface area contributed by atoms with Crippen LogP contribution in [0.2, 0.25) is 10.1 Å². The summed E-state index contributed by atoms with van der Waals surface area (Å²) in [5.41, 5.74) is 1.54. The Morgan fingerprint density at radius 2 is 2.50 bits per heavy atom. The third kappa shape index (κ3) is 2.02. The van der Waals surface area contributed by atoms with E-state index in [0.29, 0.717) is 0 Å². The van der Waals surface area contributed by atoms with Crippen molar-refractivity contribution in [2.75, 3.05) is 0 Å². The van der Waals surface area contributed by atoms with Gasteiger partial charge in [-0.2, -0.15) is 0 Å². The quantitative estimate of drug-likeness (QED) is 0.599. The monoisotopic (exact) mass is 224 g/mol. The van der Waals surface area contributed by atoms with Crippen LogP contribution in [0.3, 0.4) is 0 Å². The molecule has 0 aromatic rings. The van der Waals surface area contributed by atoms with E-state index in [2.05, 4.69) is 13.8 Å². The van der Waals surface area contributed by atoms with Gasteiger partial charge in [-0.1, -0.05) is 0 Å². The Kier molecular flexibility index (Phi) is 3.29. The average molecular weight is 224 g/mol. The molecule has 0 spiro atoms.